The SMILES string of the molecule is CCN(C(=O)CCNC(=O)C12CC3CC(CC(C3)C1)C2)C1CCS(=O)(=O)C1. The van der Waals surface area contributed by atoms with E-state index in [-0.39, 0.29) is 41.2 Å². The number of nitrogens with zero attached hydrogens (tertiary/aromatic N) is 1. The summed E-state index contributed by atoms with van der Waals surface area (Å²) in [6, 6.07) is -0.202. The highest BCUT2D eigenvalue weighted by Crippen LogP contribution is 2.60. The van der Waals surface area contributed by atoms with Crippen molar-refractivity contribution in [2.24, 2.45) is 23.2 Å². The van der Waals surface area contributed by atoms with E-state index >= 15 is 0 Å². The number of rotatable bonds is 6. The Labute approximate surface area is 162 Å². The fourth-order valence-corrected chi connectivity index (χ4v) is 8.39. The van der Waals surface area contributed by atoms with E-state index in [4.69, 9.17) is 0 Å². The summed E-state index contributed by atoms with van der Waals surface area (Å²) in [5.41, 5.74) is -0.179. The van der Waals surface area contributed by atoms with Gasteiger partial charge in [0.05, 0.1) is 11.5 Å². The summed E-state index contributed by atoms with van der Waals surface area (Å²) < 4.78 is 23.4. The van der Waals surface area contributed by atoms with E-state index in [9.17, 15) is 18.0 Å². The minimum atomic E-state index is -3.01. The zero-order valence-corrected chi connectivity index (χ0v) is 17.1. The lowest BCUT2D eigenvalue weighted by molar-refractivity contribution is -0.146. The van der Waals surface area contributed by atoms with Crippen molar-refractivity contribution in [1.82, 2.24) is 10.2 Å². The molecule has 1 unspecified atom stereocenters. The predicted molar refractivity (Wildman–Crippen MR) is 103 cm³/mol. The summed E-state index contributed by atoms with van der Waals surface area (Å²) in [6.45, 7) is 2.76. The molecule has 4 bridgehead atoms. The maximum atomic E-state index is 12.9. The molecule has 1 aliphatic heterocycles. The van der Waals surface area contributed by atoms with Gasteiger partial charge in [-0.2, -0.15) is 0 Å². The van der Waals surface area contributed by atoms with Gasteiger partial charge < -0.3 is 10.2 Å². The van der Waals surface area contributed by atoms with Gasteiger partial charge in [0.25, 0.3) is 0 Å². The first-order valence-electron chi connectivity index (χ1n) is 10.6. The summed E-state index contributed by atoms with van der Waals surface area (Å²) in [5.74, 6) is 2.53. The molecule has 5 rings (SSSR count). The molecule has 1 atom stereocenters. The minimum absolute atomic E-state index is 0.0505. The normalized spacial score (nSPS) is 38.7. The van der Waals surface area contributed by atoms with Crippen LogP contribution in [0.5, 0.6) is 0 Å². The summed E-state index contributed by atoms with van der Waals surface area (Å²) in [4.78, 5) is 27.2. The van der Waals surface area contributed by atoms with Gasteiger partial charge in [0, 0.05) is 31.0 Å². The molecule has 0 aromatic carbocycles. The lowest BCUT2D eigenvalue weighted by Gasteiger charge is -2.55. The van der Waals surface area contributed by atoms with E-state index in [0.29, 0.717) is 19.5 Å². The highest BCUT2D eigenvalue weighted by molar-refractivity contribution is 7.91. The van der Waals surface area contributed by atoms with Crippen LogP contribution < -0.4 is 5.32 Å². The molecule has 27 heavy (non-hydrogen) atoms. The molecule has 6 nitrogen and oxygen atoms in total. The maximum absolute atomic E-state index is 12.9. The molecular weight excluding hydrogens is 364 g/mol. The van der Waals surface area contributed by atoms with Crippen LogP contribution in [0.15, 0.2) is 0 Å². The number of hydrogen-bond donors (Lipinski definition) is 1. The standard InChI is InChI=1S/C20H32N2O4S/c1-2-22(17-4-6-27(25,26)13-17)18(23)3-5-21-19(24)20-10-14-7-15(11-20)9-16(8-14)12-20/h14-17H,2-13H2,1H3,(H,21,24). The quantitative estimate of drug-likeness (QED) is 0.741. The minimum Gasteiger partial charge on any atom is -0.355 e. The summed E-state index contributed by atoms with van der Waals surface area (Å²) in [6.07, 6.45) is 7.78. The summed E-state index contributed by atoms with van der Waals surface area (Å²) >= 11 is 0. The van der Waals surface area contributed by atoms with E-state index in [1.807, 2.05) is 6.92 Å². The lowest BCUT2D eigenvalue weighted by atomic mass is 9.49. The van der Waals surface area contributed by atoms with Gasteiger partial charge in [-0.05, 0) is 69.6 Å². The van der Waals surface area contributed by atoms with E-state index in [2.05, 4.69) is 5.32 Å². The molecule has 4 saturated carbocycles. The highest BCUT2D eigenvalue weighted by atomic mass is 32.2. The third kappa shape index (κ3) is 3.76. The maximum Gasteiger partial charge on any atom is 0.226 e. The van der Waals surface area contributed by atoms with Crippen molar-refractivity contribution in [1.29, 1.82) is 0 Å². The van der Waals surface area contributed by atoms with Crippen molar-refractivity contribution >= 4 is 21.7 Å². The second-order valence-electron chi connectivity index (χ2n) is 9.44. The number of hydrogen-bond acceptors (Lipinski definition) is 4. The third-order valence-electron chi connectivity index (χ3n) is 7.45. The van der Waals surface area contributed by atoms with Gasteiger partial charge in [0.15, 0.2) is 9.84 Å². The van der Waals surface area contributed by atoms with Gasteiger partial charge in [-0.3, -0.25) is 9.59 Å². The van der Waals surface area contributed by atoms with Crippen LogP contribution >= 0.6 is 0 Å². The molecule has 152 valence electrons. The zero-order chi connectivity index (χ0) is 19.2. The van der Waals surface area contributed by atoms with E-state index in [0.717, 1.165) is 37.0 Å². The molecule has 5 fully saturated rings. The van der Waals surface area contributed by atoms with Crippen LogP contribution in [0.4, 0.5) is 0 Å². The average Bonchev–Trinajstić information content (AvgIpc) is 2.94. The Balaban J connectivity index is 1.29. The lowest BCUT2D eigenvalue weighted by Crippen LogP contribution is -2.54. The zero-order valence-electron chi connectivity index (χ0n) is 16.3. The first-order valence-corrected chi connectivity index (χ1v) is 12.4. The second-order valence-corrected chi connectivity index (χ2v) is 11.7. The van der Waals surface area contributed by atoms with E-state index < -0.39 is 9.84 Å². The molecule has 0 aromatic heterocycles. The van der Waals surface area contributed by atoms with Crippen LogP contribution in [0.3, 0.4) is 0 Å². The Hall–Kier alpha value is -1.11. The smallest absolute Gasteiger partial charge is 0.226 e. The number of amides is 2. The van der Waals surface area contributed by atoms with Crippen molar-refractivity contribution in [3.63, 3.8) is 0 Å². The van der Waals surface area contributed by atoms with Crippen LogP contribution in [0.1, 0.15) is 58.3 Å². The van der Waals surface area contributed by atoms with Gasteiger partial charge in [0.1, 0.15) is 0 Å². The van der Waals surface area contributed by atoms with Crippen LogP contribution in [0, 0.1) is 23.2 Å². The summed E-state index contributed by atoms with van der Waals surface area (Å²) in [7, 11) is -3.01. The molecule has 1 N–H and O–H groups in total. The Kier molecular flexibility index (Phi) is 5.02. The molecule has 4 aliphatic carbocycles. The third-order valence-corrected chi connectivity index (χ3v) is 9.20. The Morgan fingerprint density at radius 3 is 2.15 bits per heavy atom. The van der Waals surface area contributed by atoms with Gasteiger partial charge in [-0.25, -0.2) is 8.42 Å². The van der Waals surface area contributed by atoms with E-state index in [1.54, 1.807) is 4.90 Å². The largest absolute Gasteiger partial charge is 0.355 e. The Morgan fingerprint density at radius 2 is 1.67 bits per heavy atom. The molecule has 2 amide bonds. The molecule has 1 saturated heterocycles. The topological polar surface area (TPSA) is 83.6 Å². The number of nitrogens with one attached hydrogen (secondary N) is 1. The van der Waals surface area contributed by atoms with Crippen LogP contribution in [0.2, 0.25) is 0 Å². The van der Waals surface area contributed by atoms with Crippen molar-refractivity contribution in [2.75, 3.05) is 24.6 Å². The van der Waals surface area contributed by atoms with Crippen molar-refractivity contribution < 1.29 is 18.0 Å². The number of carbonyl (C=O) groups excluding carboxylic acids is 2. The van der Waals surface area contributed by atoms with E-state index in [1.165, 1.54) is 19.3 Å². The molecular formula is C20H32N2O4S. The molecule has 0 radical (unpaired) electrons. The fourth-order valence-electron chi connectivity index (χ4n) is 6.66. The first kappa shape index (κ1) is 19.2. The monoisotopic (exact) mass is 396 g/mol. The van der Waals surface area contributed by atoms with Crippen molar-refractivity contribution in [3.05, 3.63) is 0 Å². The Bertz CT molecular complexity index is 682. The molecule has 7 heteroatoms. The van der Waals surface area contributed by atoms with Gasteiger partial charge in [-0.1, -0.05) is 0 Å². The van der Waals surface area contributed by atoms with Gasteiger partial charge in [-0.15, -0.1) is 0 Å². The van der Waals surface area contributed by atoms with Crippen LogP contribution in [-0.2, 0) is 19.4 Å². The molecule has 0 spiro atoms. The highest BCUT2D eigenvalue weighted by Gasteiger charge is 2.54. The fraction of sp³-hybridized carbons (Fsp3) is 0.900. The number of carbonyl (C=O) groups is 2. The second kappa shape index (κ2) is 7.05. The number of sulfone groups is 1. The Morgan fingerprint density at radius 1 is 1.07 bits per heavy atom. The van der Waals surface area contributed by atoms with Gasteiger partial charge in [0.2, 0.25) is 11.8 Å². The van der Waals surface area contributed by atoms with Crippen LogP contribution in [-0.4, -0.2) is 55.8 Å². The molecule has 5 aliphatic rings. The first-order chi connectivity index (χ1) is 12.8. The van der Waals surface area contributed by atoms with Crippen molar-refractivity contribution in [2.45, 2.75) is 64.3 Å². The van der Waals surface area contributed by atoms with Gasteiger partial charge >= 0.3 is 0 Å². The van der Waals surface area contributed by atoms with Crippen LogP contribution in [0.25, 0.3) is 0 Å². The average molecular weight is 397 g/mol. The molecule has 1 heterocycles. The van der Waals surface area contributed by atoms with Crippen molar-refractivity contribution in [3.8, 4) is 0 Å². The molecule has 0 aromatic rings. The predicted octanol–water partition coefficient (Wildman–Crippen LogP) is 1.74. The summed E-state index contributed by atoms with van der Waals surface area (Å²) in [5, 5.41) is 3.05.